The minimum absolute atomic E-state index is 0.00472. The van der Waals surface area contributed by atoms with Gasteiger partial charge in [0.1, 0.15) is 5.75 Å². The van der Waals surface area contributed by atoms with Crippen LogP contribution in [0.4, 0.5) is 10.1 Å². The first kappa shape index (κ1) is 14.0. The highest BCUT2D eigenvalue weighted by Gasteiger charge is 2.11. The maximum absolute atomic E-state index is 13.8. The summed E-state index contributed by atoms with van der Waals surface area (Å²) in [4.78, 5) is 10.1. The van der Waals surface area contributed by atoms with E-state index in [1.165, 1.54) is 36.4 Å². The van der Waals surface area contributed by atoms with E-state index in [4.69, 9.17) is 10.5 Å². The van der Waals surface area contributed by atoms with Gasteiger partial charge in [-0.2, -0.15) is 0 Å². The van der Waals surface area contributed by atoms with Crippen molar-refractivity contribution in [2.45, 2.75) is 13.0 Å². The zero-order valence-electron chi connectivity index (χ0n) is 10.7. The van der Waals surface area contributed by atoms with Crippen molar-refractivity contribution in [3.8, 4) is 11.5 Å². The summed E-state index contributed by atoms with van der Waals surface area (Å²) in [7, 11) is 0. The fraction of sp³-hybridized carbons (Fsp3) is 0.143. The largest absolute Gasteiger partial charge is 0.454 e. The molecule has 0 aliphatic rings. The molecule has 0 aromatic heterocycles. The number of nitro groups is 1. The van der Waals surface area contributed by atoms with Crippen molar-refractivity contribution < 1.29 is 14.1 Å². The molecule has 0 unspecified atom stereocenters. The van der Waals surface area contributed by atoms with Crippen LogP contribution in [-0.4, -0.2) is 4.92 Å². The van der Waals surface area contributed by atoms with Crippen molar-refractivity contribution in [1.29, 1.82) is 0 Å². The summed E-state index contributed by atoms with van der Waals surface area (Å²) in [6.45, 7) is 1.75. The molecule has 2 aromatic carbocycles. The molecule has 20 heavy (non-hydrogen) atoms. The van der Waals surface area contributed by atoms with Crippen molar-refractivity contribution >= 4 is 5.69 Å². The van der Waals surface area contributed by atoms with Gasteiger partial charge in [0.25, 0.3) is 5.69 Å². The van der Waals surface area contributed by atoms with E-state index >= 15 is 0 Å². The monoisotopic (exact) mass is 276 g/mol. The lowest BCUT2D eigenvalue weighted by molar-refractivity contribution is -0.384. The Bertz CT molecular complexity index is 644. The molecule has 0 saturated heterocycles. The van der Waals surface area contributed by atoms with Crippen LogP contribution in [0.15, 0.2) is 42.5 Å². The number of non-ortho nitro benzene ring substituents is 1. The predicted molar refractivity (Wildman–Crippen MR) is 72.2 cm³/mol. The van der Waals surface area contributed by atoms with Gasteiger partial charge in [0, 0.05) is 12.1 Å². The van der Waals surface area contributed by atoms with E-state index in [1.54, 1.807) is 13.0 Å². The minimum atomic E-state index is -0.564. The summed E-state index contributed by atoms with van der Waals surface area (Å²) in [6.07, 6.45) is 0. The van der Waals surface area contributed by atoms with Crippen molar-refractivity contribution in [3.05, 3.63) is 64.0 Å². The molecule has 6 heteroatoms. The quantitative estimate of drug-likeness (QED) is 0.684. The maximum Gasteiger partial charge on any atom is 0.273 e. The van der Waals surface area contributed by atoms with Gasteiger partial charge in [0.2, 0.25) is 0 Å². The molecule has 0 aliphatic carbocycles. The van der Waals surface area contributed by atoms with E-state index in [0.29, 0.717) is 5.56 Å². The minimum Gasteiger partial charge on any atom is -0.454 e. The highest BCUT2D eigenvalue weighted by Crippen LogP contribution is 2.28. The summed E-state index contributed by atoms with van der Waals surface area (Å²) in [5.41, 5.74) is 6.19. The predicted octanol–water partition coefficient (Wildman–Crippen LogP) is 3.55. The Hall–Kier alpha value is -2.47. The van der Waals surface area contributed by atoms with E-state index in [2.05, 4.69) is 0 Å². The van der Waals surface area contributed by atoms with Gasteiger partial charge in [0.05, 0.1) is 11.0 Å². The topological polar surface area (TPSA) is 78.4 Å². The van der Waals surface area contributed by atoms with Crippen LogP contribution < -0.4 is 10.5 Å². The lowest BCUT2D eigenvalue weighted by Crippen LogP contribution is -2.05. The normalized spacial score (nSPS) is 11.9. The van der Waals surface area contributed by atoms with Crippen LogP contribution in [0.25, 0.3) is 0 Å². The zero-order chi connectivity index (χ0) is 14.7. The first-order chi connectivity index (χ1) is 9.47. The SMILES string of the molecule is C[C@@H](N)c1ccc(Oc2cccc([N+](=O)[O-])c2)c(F)c1. The number of hydrogen-bond donors (Lipinski definition) is 1. The second kappa shape index (κ2) is 5.66. The lowest BCUT2D eigenvalue weighted by atomic mass is 10.1. The summed E-state index contributed by atoms with van der Waals surface area (Å²) in [6, 6.07) is 9.68. The van der Waals surface area contributed by atoms with Crippen LogP contribution >= 0.6 is 0 Å². The van der Waals surface area contributed by atoms with Gasteiger partial charge in [0.15, 0.2) is 11.6 Å². The third kappa shape index (κ3) is 3.10. The Balaban J connectivity index is 2.26. The standard InChI is InChI=1S/C14H13FN2O3/c1-9(16)10-5-6-14(13(15)7-10)20-12-4-2-3-11(8-12)17(18)19/h2-9H,16H2,1H3/t9-/m1/s1. The molecule has 104 valence electrons. The number of halogens is 1. The molecule has 2 N–H and O–H groups in total. The van der Waals surface area contributed by atoms with Crippen LogP contribution in [0.2, 0.25) is 0 Å². The van der Waals surface area contributed by atoms with Crippen molar-refractivity contribution in [2.75, 3.05) is 0 Å². The Morgan fingerprint density at radius 2 is 2.05 bits per heavy atom. The molecule has 2 aromatic rings. The number of nitrogens with two attached hydrogens (primary N) is 1. The molecule has 0 amide bonds. The molecular weight excluding hydrogens is 263 g/mol. The lowest BCUT2D eigenvalue weighted by Gasteiger charge is -2.10. The average molecular weight is 276 g/mol. The van der Waals surface area contributed by atoms with Gasteiger partial charge in [-0.05, 0) is 30.7 Å². The van der Waals surface area contributed by atoms with Gasteiger partial charge >= 0.3 is 0 Å². The molecule has 0 bridgehead atoms. The smallest absolute Gasteiger partial charge is 0.273 e. The number of nitro benzene ring substituents is 1. The van der Waals surface area contributed by atoms with E-state index in [0.717, 1.165) is 0 Å². The Labute approximate surface area is 114 Å². The molecule has 0 saturated carbocycles. The van der Waals surface area contributed by atoms with E-state index in [-0.39, 0.29) is 23.2 Å². The number of rotatable bonds is 4. The van der Waals surface area contributed by atoms with Crippen molar-refractivity contribution in [2.24, 2.45) is 5.73 Å². The van der Waals surface area contributed by atoms with Crippen LogP contribution in [-0.2, 0) is 0 Å². The first-order valence-electron chi connectivity index (χ1n) is 5.94. The molecule has 0 heterocycles. The Morgan fingerprint density at radius 1 is 1.30 bits per heavy atom. The average Bonchev–Trinajstić information content (AvgIpc) is 2.41. The van der Waals surface area contributed by atoms with Crippen molar-refractivity contribution in [1.82, 2.24) is 0 Å². The van der Waals surface area contributed by atoms with Crippen LogP contribution in [0.3, 0.4) is 0 Å². The first-order valence-corrected chi connectivity index (χ1v) is 5.94. The second-order valence-corrected chi connectivity index (χ2v) is 4.34. The summed E-state index contributed by atoms with van der Waals surface area (Å²) >= 11 is 0. The van der Waals surface area contributed by atoms with Crippen LogP contribution in [0.1, 0.15) is 18.5 Å². The van der Waals surface area contributed by atoms with E-state index < -0.39 is 10.7 Å². The number of benzene rings is 2. The maximum atomic E-state index is 13.8. The Morgan fingerprint density at radius 3 is 2.65 bits per heavy atom. The van der Waals surface area contributed by atoms with Crippen LogP contribution in [0.5, 0.6) is 11.5 Å². The van der Waals surface area contributed by atoms with Gasteiger partial charge in [-0.3, -0.25) is 10.1 Å². The molecule has 0 spiro atoms. The van der Waals surface area contributed by atoms with Gasteiger partial charge in [-0.15, -0.1) is 0 Å². The molecule has 0 aliphatic heterocycles. The molecule has 0 fully saturated rings. The van der Waals surface area contributed by atoms with Crippen molar-refractivity contribution in [3.63, 3.8) is 0 Å². The second-order valence-electron chi connectivity index (χ2n) is 4.34. The van der Waals surface area contributed by atoms with E-state index in [1.807, 2.05) is 0 Å². The summed E-state index contributed by atoms with van der Waals surface area (Å²) < 4.78 is 19.2. The molecule has 1 atom stereocenters. The van der Waals surface area contributed by atoms with Gasteiger partial charge < -0.3 is 10.5 Å². The third-order valence-electron chi connectivity index (χ3n) is 2.74. The Kier molecular flexibility index (Phi) is 3.95. The molecule has 2 rings (SSSR count). The summed E-state index contributed by atoms with van der Waals surface area (Å²) in [5, 5.41) is 10.7. The number of ether oxygens (including phenoxy) is 1. The van der Waals surface area contributed by atoms with Gasteiger partial charge in [-0.1, -0.05) is 12.1 Å². The van der Waals surface area contributed by atoms with E-state index in [9.17, 15) is 14.5 Å². The van der Waals surface area contributed by atoms with Crippen LogP contribution in [0, 0.1) is 15.9 Å². The number of hydrogen-bond acceptors (Lipinski definition) is 4. The number of nitrogens with zero attached hydrogens (tertiary/aromatic N) is 1. The third-order valence-corrected chi connectivity index (χ3v) is 2.74. The zero-order valence-corrected chi connectivity index (χ0v) is 10.7. The highest BCUT2D eigenvalue weighted by molar-refractivity contribution is 5.41. The highest BCUT2D eigenvalue weighted by atomic mass is 19.1. The molecule has 5 nitrogen and oxygen atoms in total. The fourth-order valence-electron chi connectivity index (χ4n) is 1.67. The summed E-state index contributed by atoms with van der Waals surface area (Å²) in [5.74, 6) is -0.368. The molecular formula is C14H13FN2O3. The molecule has 0 radical (unpaired) electrons. The fourth-order valence-corrected chi connectivity index (χ4v) is 1.67. The van der Waals surface area contributed by atoms with Gasteiger partial charge in [-0.25, -0.2) is 4.39 Å².